The van der Waals surface area contributed by atoms with E-state index >= 15 is 0 Å². The summed E-state index contributed by atoms with van der Waals surface area (Å²) in [5.41, 5.74) is 0.744. The van der Waals surface area contributed by atoms with Crippen LogP contribution in [-0.4, -0.2) is 34.8 Å². The van der Waals surface area contributed by atoms with Gasteiger partial charge in [-0.1, -0.05) is 23.4 Å². The number of rotatable bonds is 4. The largest absolute Gasteiger partial charge is 0.351 e. The molecule has 1 fully saturated rings. The monoisotopic (exact) mass is 302 g/mol. The third-order valence-corrected chi connectivity index (χ3v) is 4.88. The molecule has 0 bridgehead atoms. The number of aryl methyl sites for hydroxylation is 1. The molecule has 4 nitrogen and oxygen atoms in total. The highest BCUT2D eigenvalue weighted by molar-refractivity contribution is 7.99. The number of amides is 1. The Labute approximate surface area is 128 Å². The van der Waals surface area contributed by atoms with Crippen LogP contribution < -0.4 is 0 Å². The van der Waals surface area contributed by atoms with Crippen LogP contribution in [0.4, 0.5) is 0 Å². The number of hydrogen-bond acceptors (Lipinski definition) is 4. The van der Waals surface area contributed by atoms with E-state index in [1.807, 2.05) is 29.7 Å². The average Bonchev–Trinajstić information content (AvgIpc) is 3.14. The number of carbonyl (C=O) groups is 1. The van der Waals surface area contributed by atoms with Gasteiger partial charge in [0.25, 0.3) is 5.91 Å². The van der Waals surface area contributed by atoms with Gasteiger partial charge in [-0.15, -0.1) is 11.8 Å². The van der Waals surface area contributed by atoms with Gasteiger partial charge in [0.1, 0.15) is 0 Å². The maximum absolute atomic E-state index is 12.3. The number of thioether (sulfide) groups is 1. The van der Waals surface area contributed by atoms with Crippen LogP contribution in [0.5, 0.6) is 0 Å². The molecule has 0 aliphatic carbocycles. The molecule has 0 N–H and O–H groups in total. The molecule has 0 radical (unpaired) electrons. The summed E-state index contributed by atoms with van der Waals surface area (Å²) in [6.45, 7) is 3.43. The van der Waals surface area contributed by atoms with E-state index in [1.54, 1.807) is 6.07 Å². The van der Waals surface area contributed by atoms with E-state index in [4.69, 9.17) is 4.52 Å². The van der Waals surface area contributed by atoms with Crippen LogP contribution in [0.25, 0.3) is 0 Å². The first-order valence-corrected chi connectivity index (χ1v) is 8.11. The highest BCUT2D eigenvalue weighted by Crippen LogP contribution is 2.26. The predicted molar refractivity (Wildman–Crippen MR) is 82.4 cm³/mol. The lowest BCUT2D eigenvalue weighted by atomic mass is 10.2. The third kappa shape index (κ3) is 3.47. The first-order valence-electron chi connectivity index (χ1n) is 7.13. The normalized spacial score (nSPS) is 18.1. The minimum absolute atomic E-state index is 0.0391. The van der Waals surface area contributed by atoms with Gasteiger partial charge in [-0.2, -0.15) is 0 Å². The summed E-state index contributed by atoms with van der Waals surface area (Å²) in [6, 6.07) is 12.1. The molecule has 1 aliphatic rings. The standard InChI is InChI=1S/C16H18N2O2S/c1-12-9-15(20-17-12)16(19)18-8-7-13(10-18)11-21-14-5-3-2-4-6-14/h2-6,9,13H,7-8,10-11H2,1H3/t13-/m1/s1. The van der Waals surface area contributed by atoms with E-state index in [2.05, 4.69) is 29.4 Å². The van der Waals surface area contributed by atoms with Crippen molar-refractivity contribution in [3.63, 3.8) is 0 Å². The van der Waals surface area contributed by atoms with E-state index in [0.29, 0.717) is 11.7 Å². The summed E-state index contributed by atoms with van der Waals surface area (Å²) in [5, 5.41) is 3.78. The summed E-state index contributed by atoms with van der Waals surface area (Å²) in [5.74, 6) is 1.90. The summed E-state index contributed by atoms with van der Waals surface area (Å²) in [7, 11) is 0. The minimum Gasteiger partial charge on any atom is -0.351 e. The van der Waals surface area contributed by atoms with Crippen LogP contribution >= 0.6 is 11.8 Å². The molecular formula is C16H18N2O2S. The van der Waals surface area contributed by atoms with Gasteiger partial charge in [-0.25, -0.2) is 0 Å². The molecule has 2 heterocycles. The fourth-order valence-electron chi connectivity index (χ4n) is 2.50. The van der Waals surface area contributed by atoms with Crippen molar-refractivity contribution in [1.82, 2.24) is 10.1 Å². The number of nitrogens with zero attached hydrogens (tertiary/aromatic N) is 2. The molecule has 1 aliphatic heterocycles. The Bertz CT molecular complexity index is 612. The topological polar surface area (TPSA) is 46.3 Å². The Morgan fingerprint density at radius 1 is 1.43 bits per heavy atom. The molecule has 1 amide bonds. The molecule has 1 aromatic heterocycles. The Morgan fingerprint density at radius 2 is 2.24 bits per heavy atom. The van der Waals surface area contributed by atoms with Crippen LogP contribution in [0.2, 0.25) is 0 Å². The van der Waals surface area contributed by atoms with Crippen molar-refractivity contribution in [1.29, 1.82) is 0 Å². The Morgan fingerprint density at radius 3 is 2.95 bits per heavy atom. The van der Waals surface area contributed by atoms with Crippen molar-refractivity contribution in [2.75, 3.05) is 18.8 Å². The molecular weight excluding hydrogens is 284 g/mol. The molecule has 3 rings (SSSR count). The molecule has 1 saturated heterocycles. The lowest BCUT2D eigenvalue weighted by Gasteiger charge is -2.14. The van der Waals surface area contributed by atoms with Gasteiger partial charge < -0.3 is 9.42 Å². The van der Waals surface area contributed by atoms with Crippen LogP contribution in [0.15, 0.2) is 45.8 Å². The van der Waals surface area contributed by atoms with E-state index < -0.39 is 0 Å². The summed E-state index contributed by atoms with van der Waals surface area (Å²) in [6.07, 6.45) is 1.05. The van der Waals surface area contributed by atoms with Gasteiger partial charge >= 0.3 is 0 Å². The molecule has 5 heteroatoms. The van der Waals surface area contributed by atoms with Crippen LogP contribution in [-0.2, 0) is 0 Å². The lowest BCUT2D eigenvalue weighted by Crippen LogP contribution is -2.28. The maximum Gasteiger partial charge on any atom is 0.292 e. The lowest BCUT2D eigenvalue weighted by molar-refractivity contribution is 0.0747. The van der Waals surface area contributed by atoms with Gasteiger partial charge in [0, 0.05) is 29.8 Å². The van der Waals surface area contributed by atoms with Crippen LogP contribution in [0, 0.1) is 12.8 Å². The molecule has 0 unspecified atom stereocenters. The third-order valence-electron chi connectivity index (χ3n) is 3.64. The zero-order valence-corrected chi connectivity index (χ0v) is 12.8. The molecule has 1 aromatic carbocycles. The van der Waals surface area contributed by atoms with Crippen molar-refractivity contribution in [2.45, 2.75) is 18.2 Å². The summed E-state index contributed by atoms with van der Waals surface area (Å²) >= 11 is 1.86. The maximum atomic E-state index is 12.3. The Balaban J connectivity index is 1.52. The first kappa shape index (κ1) is 14.2. The molecule has 2 aromatic rings. The first-order chi connectivity index (χ1) is 10.2. The van der Waals surface area contributed by atoms with Crippen LogP contribution in [0.1, 0.15) is 22.7 Å². The van der Waals surface area contributed by atoms with Gasteiger partial charge in [0.05, 0.1) is 5.69 Å². The molecule has 1 atom stereocenters. The highest BCUT2D eigenvalue weighted by atomic mass is 32.2. The minimum atomic E-state index is -0.0391. The fraction of sp³-hybridized carbons (Fsp3) is 0.375. The van der Waals surface area contributed by atoms with E-state index in [0.717, 1.165) is 31.0 Å². The second kappa shape index (κ2) is 6.35. The Kier molecular flexibility index (Phi) is 4.29. The molecule has 0 saturated carbocycles. The van der Waals surface area contributed by atoms with Gasteiger partial charge in [-0.05, 0) is 31.4 Å². The van der Waals surface area contributed by atoms with Crippen LogP contribution in [0.3, 0.4) is 0 Å². The number of benzene rings is 1. The average molecular weight is 302 g/mol. The number of likely N-dealkylation sites (tertiary alicyclic amines) is 1. The molecule has 0 spiro atoms. The second-order valence-corrected chi connectivity index (χ2v) is 6.46. The van der Waals surface area contributed by atoms with Crippen molar-refractivity contribution >= 4 is 17.7 Å². The molecule has 21 heavy (non-hydrogen) atoms. The van der Waals surface area contributed by atoms with Crippen molar-refractivity contribution in [3.8, 4) is 0 Å². The Hall–Kier alpha value is -1.75. The SMILES string of the molecule is Cc1cc(C(=O)N2CC[C@@H](CSc3ccccc3)C2)on1. The summed E-state index contributed by atoms with van der Waals surface area (Å²) < 4.78 is 5.06. The number of carbonyl (C=O) groups excluding carboxylic acids is 1. The van der Waals surface area contributed by atoms with Crippen molar-refractivity contribution in [3.05, 3.63) is 47.9 Å². The predicted octanol–water partition coefficient (Wildman–Crippen LogP) is 3.24. The van der Waals surface area contributed by atoms with Crippen molar-refractivity contribution in [2.24, 2.45) is 5.92 Å². The van der Waals surface area contributed by atoms with E-state index in [1.165, 1.54) is 4.90 Å². The van der Waals surface area contributed by atoms with E-state index in [-0.39, 0.29) is 5.91 Å². The van der Waals surface area contributed by atoms with Gasteiger partial charge in [-0.3, -0.25) is 4.79 Å². The fourth-order valence-corrected chi connectivity index (χ4v) is 3.55. The van der Waals surface area contributed by atoms with E-state index in [9.17, 15) is 4.79 Å². The van der Waals surface area contributed by atoms with Crippen molar-refractivity contribution < 1.29 is 9.32 Å². The number of aromatic nitrogens is 1. The zero-order valence-electron chi connectivity index (χ0n) is 12.0. The summed E-state index contributed by atoms with van der Waals surface area (Å²) in [4.78, 5) is 15.4. The van der Waals surface area contributed by atoms with Gasteiger partial charge in [0.15, 0.2) is 0 Å². The van der Waals surface area contributed by atoms with Gasteiger partial charge in [0.2, 0.25) is 5.76 Å². The quantitative estimate of drug-likeness (QED) is 0.813. The molecule has 110 valence electrons. The zero-order chi connectivity index (χ0) is 14.7. The number of hydrogen-bond donors (Lipinski definition) is 0. The second-order valence-electron chi connectivity index (χ2n) is 5.36. The smallest absolute Gasteiger partial charge is 0.292 e. The highest BCUT2D eigenvalue weighted by Gasteiger charge is 2.28.